The van der Waals surface area contributed by atoms with Crippen molar-refractivity contribution in [1.29, 1.82) is 0 Å². The quantitative estimate of drug-likeness (QED) is 0.322. The van der Waals surface area contributed by atoms with Crippen molar-refractivity contribution < 1.29 is 21.9 Å². The van der Waals surface area contributed by atoms with Gasteiger partial charge >= 0.3 is 0 Å². The number of hydrogen-bond acceptors (Lipinski definition) is 2. The van der Waals surface area contributed by atoms with E-state index < -0.39 is 0 Å². The highest BCUT2D eigenvalue weighted by Crippen LogP contribution is 2.05. The van der Waals surface area contributed by atoms with E-state index in [1.807, 2.05) is 13.0 Å². The first-order valence-corrected chi connectivity index (χ1v) is 3.58. The average Bonchev–Trinajstić information content (AvgIpc) is 1.91. The Balaban J connectivity index is 0. The van der Waals surface area contributed by atoms with Gasteiger partial charge in [0.25, 0.3) is 0 Å². The molecule has 0 N–H and O–H groups in total. The van der Waals surface area contributed by atoms with Crippen molar-refractivity contribution >= 4 is 11.6 Å². The van der Waals surface area contributed by atoms with Crippen LogP contribution < -0.4 is 12.4 Å². The monoisotopic (exact) mass is 199 g/mol. The normalized spacial score (nSPS) is 11.5. The fourth-order valence-electron chi connectivity index (χ4n) is 0.686. The van der Waals surface area contributed by atoms with Crippen LogP contribution in [-0.4, -0.2) is 26.4 Å². The number of ether oxygens (including phenoxy) is 2. The molecule has 0 spiro atoms. The summed E-state index contributed by atoms with van der Waals surface area (Å²) in [6.45, 7) is 1.92. The lowest BCUT2D eigenvalue weighted by Gasteiger charge is -2.12. The molecule has 0 aromatic heterocycles. The average molecular weight is 200 g/mol. The highest BCUT2D eigenvalue weighted by Gasteiger charge is 2.05. The van der Waals surface area contributed by atoms with E-state index in [-0.39, 0.29) is 18.7 Å². The molecule has 11 heavy (non-hydrogen) atoms. The highest BCUT2D eigenvalue weighted by molar-refractivity contribution is 6.18. The van der Waals surface area contributed by atoms with Crippen molar-refractivity contribution in [3.63, 3.8) is 0 Å². The molecule has 0 heterocycles. The third-order valence-electron chi connectivity index (χ3n) is 1.20. The second kappa shape index (κ2) is 8.34. The van der Waals surface area contributed by atoms with Gasteiger partial charge in [0.15, 0.2) is 6.29 Å². The molecule has 0 saturated heterocycles. The van der Waals surface area contributed by atoms with Crippen LogP contribution in [0.25, 0.3) is 0 Å². The smallest absolute Gasteiger partial charge is 0.178 e. The van der Waals surface area contributed by atoms with E-state index in [2.05, 4.69) is 0 Å². The van der Waals surface area contributed by atoms with Gasteiger partial charge in [-0.2, -0.15) is 0 Å². The molecular formula is C7H13Cl2O2-. The molecule has 4 heteroatoms. The van der Waals surface area contributed by atoms with Gasteiger partial charge in [0.05, 0.1) is 0 Å². The Morgan fingerprint density at radius 1 is 1.45 bits per heavy atom. The zero-order chi connectivity index (χ0) is 7.98. The van der Waals surface area contributed by atoms with Gasteiger partial charge in [0, 0.05) is 20.1 Å². The van der Waals surface area contributed by atoms with E-state index in [1.165, 1.54) is 0 Å². The lowest BCUT2D eigenvalue weighted by atomic mass is 10.3. The van der Waals surface area contributed by atoms with Gasteiger partial charge in [0.1, 0.15) is 0 Å². The molecule has 0 aromatic carbocycles. The van der Waals surface area contributed by atoms with Gasteiger partial charge < -0.3 is 21.9 Å². The van der Waals surface area contributed by atoms with Crippen molar-refractivity contribution in [1.82, 2.24) is 0 Å². The van der Waals surface area contributed by atoms with Crippen LogP contribution in [0.4, 0.5) is 0 Å². The Morgan fingerprint density at radius 2 is 1.91 bits per heavy atom. The predicted molar refractivity (Wildman–Crippen MR) is 42.3 cm³/mol. The summed E-state index contributed by atoms with van der Waals surface area (Å²) >= 11 is 5.47. The van der Waals surface area contributed by atoms with Crippen molar-refractivity contribution in [2.24, 2.45) is 0 Å². The van der Waals surface area contributed by atoms with E-state index in [0.717, 1.165) is 5.57 Å². The Hall–Kier alpha value is 0.240. The summed E-state index contributed by atoms with van der Waals surface area (Å²) in [4.78, 5) is 0. The number of methoxy groups -OCH3 is 2. The van der Waals surface area contributed by atoms with E-state index >= 15 is 0 Å². The van der Waals surface area contributed by atoms with E-state index in [1.54, 1.807) is 14.2 Å². The van der Waals surface area contributed by atoms with Gasteiger partial charge in [-0.15, -0.1) is 11.6 Å². The van der Waals surface area contributed by atoms with Crippen LogP contribution in [0.5, 0.6) is 0 Å². The molecule has 0 aliphatic heterocycles. The first kappa shape index (κ1) is 13.8. The SMILES string of the molecule is COC(OC)C(C)=CCCl.[Cl-]. The first-order valence-electron chi connectivity index (χ1n) is 3.04. The van der Waals surface area contributed by atoms with Crippen LogP contribution >= 0.6 is 11.6 Å². The second-order valence-corrected chi connectivity index (χ2v) is 2.21. The minimum atomic E-state index is -0.251. The summed E-state index contributed by atoms with van der Waals surface area (Å²) in [5.74, 6) is 0.495. The maximum atomic E-state index is 5.47. The standard InChI is InChI=1S/C7H13ClO2.ClH/c1-6(4-5-8)7(9-2)10-3;/h4,7H,5H2,1-3H3;1H/p-1. The van der Waals surface area contributed by atoms with Gasteiger partial charge in [-0.1, -0.05) is 6.08 Å². The maximum absolute atomic E-state index is 5.47. The third-order valence-corrected chi connectivity index (χ3v) is 1.35. The van der Waals surface area contributed by atoms with Crippen LogP contribution in [0, 0.1) is 0 Å². The lowest BCUT2D eigenvalue weighted by Crippen LogP contribution is -3.00. The molecule has 68 valence electrons. The zero-order valence-corrected chi connectivity index (χ0v) is 8.45. The maximum Gasteiger partial charge on any atom is 0.178 e. The van der Waals surface area contributed by atoms with Crippen LogP contribution in [0.2, 0.25) is 0 Å². The molecular weight excluding hydrogens is 187 g/mol. The first-order chi connectivity index (χ1) is 4.76. The van der Waals surface area contributed by atoms with Gasteiger partial charge in [-0.05, 0) is 12.5 Å². The second-order valence-electron chi connectivity index (χ2n) is 1.91. The molecule has 0 atom stereocenters. The van der Waals surface area contributed by atoms with Crippen molar-refractivity contribution in [3.05, 3.63) is 11.6 Å². The molecule has 0 rings (SSSR count). The molecule has 0 aromatic rings. The molecule has 0 saturated carbocycles. The summed E-state index contributed by atoms with van der Waals surface area (Å²) in [5, 5.41) is 0. The summed E-state index contributed by atoms with van der Waals surface area (Å²) in [7, 11) is 3.19. The topological polar surface area (TPSA) is 18.5 Å². The Labute approximate surface area is 78.9 Å². The fraction of sp³-hybridized carbons (Fsp3) is 0.714. The van der Waals surface area contributed by atoms with E-state index in [4.69, 9.17) is 21.1 Å². The summed E-state index contributed by atoms with van der Waals surface area (Å²) in [5.41, 5.74) is 1.00. The number of hydrogen-bond donors (Lipinski definition) is 0. The van der Waals surface area contributed by atoms with Gasteiger partial charge in [0.2, 0.25) is 0 Å². The van der Waals surface area contributed by atoms with Crippen LogP contribution in [0.15, 0.2) is 11.6 Å². The minimum absolute atomic E-state index is 0. The minimum Gasteiger partial charge on any atom is -1.00 e. The highest BCUT2D eigenvalue weighted by atomic mass is 35.5. The molecule has 0 unspecified atom stereocenters. The van der Waals surface area contributed by atoms with Crippen molar-refractivity contribution in [3.8, 4) is 0 Å². The third kappa shape index (κ3) is 5.50. The molecule has 0 fully saturated rings. The Bertz CT molecular complexity index is 111. The predicted octanol–water partition coefficient (Wildman–Crippen LogP) is -1.21. The molecule has 0 aliphatic rings. The largest absolute Gasteiger partial charge is 1.00 e. The summed E-state index contributed by atoms with van der Waals surface area (Å²) < 4.78 is 9.93. The number of halogens is 2. The molecule has 2 nitrogen and oxygen atoms in total. The molecule has 0 amide bonds. The number of allylic oxidation sites excluding steroid dienone is 1. The van der Waals surface area contributed by atoms with Crippen molar-refractivity contribution in [2.45, 2.75) is 13.2 Å². The van der Waals surface area contributed by atoms with Crippen molar-refractivity contribution in [2.75, 3.05) is 20.1 Å². The Kier molecular flexibility index (Phi) is 10.5. The number of alkyl halides is 1. The Morgan fingerprint density at radius 3 is 2.18 bits per heavy atom. The number of rotatable bonds is 4. The van der Waals surface area contributed by atoms with E-state index in [0.29, 0.717) is 5.88 Å². The van der Waals surface area contributed by atoms with E-state index in [9.17, 15) is 0 Å². The lowest BCUT2D eigenvalue weighted by molar-refractivity contribution is -0.0747. The molecule has 0 radical (unpaired) electrons. The summed E-state index contributed by atoms with van der Waals surface area (Å²) in [6.07, 6.45) is 1.61. The molecule has 0 bridgehead atoms. The molecule has 0 aliphatic carbocycles. The van der Waals surface area contributed by atoms with Crippen LogP contribution in [0.3, 0.4) is 0 Å². The van der Waals surface area contributed by atoms with Gasteiger partial charge in [-0.25, -0.2) is 0 Å². The fourth-order valence-corrected chi connectivity index (χ4v) is 0.929. The van der Waals surface area contributed by atoms with Gasteiger partial charge in [-0.3, -0.25) is 0 Å². The van der Waals surface area contributed by atoms with Crippen LogP contribution in [-0.2, 0) is 9.47 Å². The zero-order valence-electron chi connectivity index (χ0n) is 6.93. The van der Waals surface area contributed by atoms with Crippen LogP contribution in [0.1, 0.15) is 6.92 Å². The summed E-state index contributed by atoms with van der Waals surface area (Å²) in [6, 6.07) is 0.